The third kappa shape index (κ3) is 9.14. The first-order valence-corrected chi connectivity index (χ1v) is 13.9. The molecule has 0 saturated heterocycles. The average molecular weight is 534 g/mol. The van der Waals surface area contributed by atoms with Crippen LogP contribution in [0.4, 0.5) is 0 Å². The van der Waals surface area contributed by atoms with Gasteiger partial charge in [0.1, 0.15) is 11.8 Å². The Morgan fingerprint density at radius 2 is 1.62 bits per heavy atom. The third-order valence-corrected chi connectivity index (χ3v) is 8.05. The maximum Gasteiger partial charge on any atom is 0.243 e. The summed E-state index contributed by atoms with van der Waals surface area (Å²) >= 11 is 0. The van der Waals surface area contributed by atoms with E-state index in [-0.39, 0.29) is 36.2 Å². The van der Waals surface area contributed by atoms with Gasteiger partial charge in [0, 0.05) is 20.0 Å². The van der Waals surface area contributed by atoms with Crippen LogP contribution in [0, 0.1) is 5.92 Å². The van der Waals surface area contributed by atoms with E-state index in [2.05, 4.69) is 10.6 Å². The molecule has 0 heterocycles. The molecule has 0 bridgehead atoms. The molecule has 3 N–H and O–H groups in total. The number of carbonyl (C=O) groups is 2. The summed E-state index contributed by atoms with van der Waals surface area (Å²) in [6, 6.07) is 13.8. The Labute approximate surface area is 220 Å². The molecule has 204 valence electrons. The minimum absolute atomic E-state index is 0.0437. The Kier molecular flexibility index (Phi) is 11.5. The lowest BCUT2D eigenvalue weighted by molar-refractivity contribution is -0.128. The van der Waals surface area contributed by atoms with Crippen LogP contribution in [0.2, 0.25) is 0 Å². The summed E-state index contributed by atoms with van der Waals surface area (Å²) in [5.41, 5.74) is 0.866. The fraction of sp³-hybridized carbons (Fsp3) is 0.481. The summed E-state index contributed by atoms with van der Waals surface area (Å²) in [5.74, 6) is -0.247. The van der Waals surface area contributed by atoms with E-state index in [1.807, 2.05) is 44.2 Å². The molecule has 0 radical (unpaired) electrons. The number of methoxy groups -OCH3 is 1. The van der Waals surface area contributed by atoms with Crippen LogP contribution in [0.3, 0.4) is 0 Å². The van der Waals surface area contributed by atoms with Gasteiger partial charge in [0.2, 0.25) is 21.8 Å². The van der Waals surface area contributed by atoms with Gasteiger partial charge in [0.15, 0.2) is 0 Å². The molecule has 0 aliphatic carbocycles. The Balaban J connectivity index is 2.34. The molecule has 2 aromatic rings. The van der Waals surface area contributed by atoms with Gasteiger partial charge < -0.3 is 20.5 Å². The van der Waals surface area contributed by atoms with E-state index in [1.54, 1.807) is 19.1 Å². The number of sulfonamides is 1. The molecular formula is C27H39N3O6S. The van der Waals surface area contributed by atoms with Crippen molar-refractivity contribution in [3.05, 3.63) is 60.2 Å². The van der Waals surface area contributed by atoms with E-state index in [9.17, 15) is 23.1 Å². The molecule has 0 fully saturated rings. The number of nitrogens with one attached hydrogen (secondary N) is 2. The van der Waals surface area contributed by atoms with E-state index < -0.39 is 34.1 Å². The molecule has 4 atom stereocenters. The second-order valence-corrected chi connectivity index (χ2v) is 11.2. The molecule has 2 rings (SSSR count). The Bertz CT molecular complexity index is 1110. The van der Waals surface area contributed by atoms with Gasteiger partial charge in [0.05, 0.1) is 24.2 Å². The summed E-state index contributed by atoms with van der Waals surface area (Å²) in [7, 11) is -2.44. The first-order valence-electron chi connectivity index (χ1n) is 12.4. The van der Waals surface area contributed by atoms with Crippen molar-refractivity contribution in [3.8, 4) is 5.75 Å². The highest BCUT2D eigenvalue weighted by molar-refractivity contribution is 7.89. The molecule has 0 aromatic heterocycles. The summed E-state index contributed by atoms with van der Waals surface area (Å²) < 4.78 is 33.6. The number of rotatable bonds is 14. The number of amides is 2. The van der Waals surface area contributed by atoms with Crippen LogP contribution in [-0.2, 0) is 26.0 Å². The minimum atomic E-state index is -3.95. The van der Waals surface area contributed by atoms with Gasteiger partial charge in [-0.05, 0) is 49.1 Å². The zero-order chi connectivity index (χ0) is 27.6. The number of benzene rings is 2. The third-order valence-electron chi connectivity index (χ3n) is 6.20. The maximum atomic E-state index is 13.6. The Morgan fingerprint density at radius 1 is 1.00 bits per heavy atom. The topological polar surface area (TPSA) is 125 Å². The molecule has 0 spiro atoms. The standard InChI is InChI=1S/C27H39N3O6S/c1-6-19(2)17-30(37(34,35)24-14-12-23(36-5)13-15-24)18-26(32)25(16-22-10-8-7-9-11-22)29-27(33)20(3)28-21(4)31/h7-15,19-20,25-26,32H,6,16-18H2,1-5H3,(H,28,31)(H,29,33)/t19-,20-,25?,26?/m0/s1. The molecule has 2 unspecified atom stereocenters. The zero-order valence-corrected chi connectivity index (χ0v) is 23.0. The molecule has 37 heavy (non-hydrogen) atoms. The highest BCUT2D eigenvalue weighted by Gasteiger charge is 2.32. The van der Waals surface area contributed by atoms with Crippen LogP contribution in [0.15, 0.2) is 59.5 Å². The molecule has 2 amide bonds. The number of hydrogen-bond acceptors (Lipinski definition) is 6. The van der Waals surface area contributed by atoms with Crippen molar-refractivity contribution < 1.29 is 27.9 Å². The van der Waals surface area contributed by atoms with E-state index in [4.69, 9.17) is 4.74 Å². The van der Waals surface area contributed by atoms with Gasteiger partial charge in [-0.1, -0.05) is 50.6 Å². The molecule has 0 aliphatic rings. The largest absolute Gasteiger partial charge is 0.497 e. The first kappa shape index (κ1) is 30.3. The summed E-state index contributed by atoms with van der Waals surface area (Å²) in [6.45, 7) is 6.77. The second kappa shape index (κ2) is 14.1. The monoisotopic (exact) mass is 533 g/mol. The summed E-state index contributed by atoms with van der Waals surface area (Å²) in [6.07, 6.45) is -0.186. The maximum absolute atomic E-state index is 13.6. The van der Waals surface area contributed by atoms with Crippen LogP contribution >= 0.6 is 0 Å². The highest BCUT2D eigenvalue weighted by Crippen LogP contribution is 2.22. The first-order chi connectivity index (χ1) is 17.5. The number of ether oxygens (including phenoxy) is 1. The second-order valence-electron chi connectivity index (χ2n) is 9.31. The quantitative estimate of drug-likeness (QED) is 0.342. The van der Waals surface area contributed by atoms with E-state index in [0.29, 0.717) is 5.75 Å². The number of aliphatic hydroxyl groups excluding tert-OH is 1. The lowest BCUT2D eigenvalue weighted by Gasteiger charge is -2.31. The number of hydrogen-bond donors (Lipinski definition) is 3. The number of carbonyl (C=O) groups excluding carboxylic acids is 2. The highest BCUT2D eigenvalue weighted by atomic mass is 32.2. The van der Waals surface area contributed by atoms with Crippen molar-refractivity contribution in [2.75, 3.05) is 20.2 Å². The van der Waals surface area contributed by atoms with Gasteiger partial charge >= 0.3 is 0 Å². The minimum Gasteiger partial charge on any atom is -0.497 e. The van der Waals surface area contributed by atoms with Gasteiger partial charge in [-0.25, -0.2) is 8.42 Å². The van der Waals surface area contributed by atoms with E-state index in [1.165, 1.54) is 30.5 Å². The predicted octanol–water partition coefficient (Wildman–Crippen LogP) is 2.34. The van der Waals surface area contributed by atoms with Crippen molar-refractivity contribution in [1.82, 2.24) is 14.9 Å². The predicted molar refractivity (Wildman–Crippen MR) is 143 cm³/mol. The van der Waals surface area contributed by atoms with E-state index >= 15 is 0 Å². The fourth-order valence-electron chi connectivity index (χ4n) is 3.81. The lowest BCUT2D eigenvalue weighted by Crippen LogP contribution is -2.54. The average Bonchev–Trinajstić information content (AvgIpc) is 2.87. The molecule has 0 saturated carbocycles. The van der Waals surface area contributed by atoms with Crippen molar-refractivity contribution in [2.24, 2.45) is 5.92 Å². The number of nitrogens with zero attached hydrogens (tertiary/aromatic N) is 1. The Hall–Kier alpha value is -2.95. The molecule has 0 aliphatic heterocycles. The molecule has 2 aromatic carbocycles. The van der Waals surface area contributed by atoms with Crippen LogP contribution < -0.4 is 15.4 Å². The molecule has 9 nitrogen and oxygen atoms in total. The van der Waals surface area contributed by atoms with Crippen molar-refractivity contribution in [1.29, 1.82) is 0 Å². The van der Waals surface area contributed by atoms with Gasteiger partial charge in [-0.2, -0.15) is 4.31 Å². The van der Waals surface area contributed by atoms with Gasteiger partial charge in [0.25, 0.3) is 0 Å². The zero-order valence-electron chi connectivity index (χ0n) is 22.2. The number of aliphatic hydroxyl groups is 1. The van der Waals surface area contributed by atoms with Crippen LogP contribution in [0.25, 0.3) is 0 Å². The Morgan fingerprint density at radius 3 is 2.16 bits per heavy atom. The fourth-order valence-corrected chi connectivity index (χ4v) is 5.39. The van der Waals surface area contributed by atoms with Crippen molar-refractivity contribution in [3.63, 3.8) is 0 Å². The molecule has 10 heteroatoms. The summed E-state index contributed by atoms with van der Waals surface area (Å²) in [4.78, 5) is 24.3. The summed E-state index contributed by atoms with van der Waals surface area (Å²) in [5, 5.41) is 16.6. The van der Waals surface area contributed by atoms with Crippen LogP contribution in [-0.4, -0.2) is 68.0 Å². The van der Waals surface area contributed by atoms with Gasteiger partial charge in [-0.3, -0.25) is 9.59 Å². The SMILES string of the molecule is CC[C@H](C)CN(CC(O)C(Cc1ccccc1)NC(=O)[C@H](C)NC(C)=O)S(=O)(=O)c1ccc(OC)cc1. The lowest BCUT2D eigenvalue weighted by atomic mass is 10.00. The normalized spacial score (nSPS) is 14.9. The van der Waals surface area contributed by atoms with Crippen LogP contribution in [0.1, 0.15) is 39.7 Å². The smallest absolute Gasteiger partial charge is 0.243 e. The van der Waals surface area contributed by atoms with Crippen molar-refractivity contribution >= 4 is 21.8 Å². The van der Waals surface area contributed by atoms with E-state index in [0.717, 1.165) is 12.0 Å². The van der Waals surface area contributed by atoms with Crippen LogP contribution in [0.5, 0.6) is 5.75 Å². The van der Waals surface area contributed by atoms with Gasteiger partial charge in [-0.15, -0.1) is 0 Å². The molecular weight excluding hydrogens is 494 g/mol. The van der Waals surface area contributed by atoms with Crippen molar-refractivity contribution in [2.45, 2.75) is 63.6 Å².